The number of imidazole rings is 1. The van der Waals surface area contributed by atoms with Gasteiger partial charge in [-0.2, -0.15) is 0 Å². The van der Waals surface area contributed by atoms with Gasteiger partial charge in [0, 0.05) is 25.4 Å². The van der Waals surface area contributed by atoms with Gasteiger partial charge < -0.3 is 9.47 Å². The van der Waals surface area contributed by atoms with Crippen LogP contribution in [0.1, 0.15) is 25.6 Å². The number of hydrogen-bond acceptors (Lipinski definition) is 2. The van der Waals surface area contributed by atoms with Gasteiger partial charge in [0.2, 0.25) is 0 Å². The van der Waals surface area contributed by atoms with Crippen molar-refractivity contribution >= 4 is 22.6 Å². The fourth-order valence-electron chi connectivity index (χ4n) is 3.38. The van der Waals surface area contributed by atoms with Crippen molar-refractivity contribution in [2.45, 2.75) is 32.7 Å². The van der Waals surface area contributed by atoms with Gasteiger partial charge in [0.25, 0.3) is 0 Å². The summed E-state index contributed by atoms with van der Waals surface area (Å²) in [4.78, 5) is 7.34. The fraction of sp³-hybridized carbons (Fsp3) is 0.588. The lowest BCUT2D eigenvalue weighted by molar-refractivity contribution is 0.272. The van der Waals surface area contributed by atoms with Crippen molar-refractivity contribution < 1.29 is 0 Å². The molecule has 0 bridgehead atoms. The topological polar surface area (TPSA) is 21.1 Å². The number of aryl methyl sites for hydroxylation is 1. The lowest BCUT2D eigenvalue weighted by Crippen LogP contribution is -2.28. The van der Waals surface area contributed by atoms with Crippen molar-refractivity contribution in [3.05, 3.63) is 30.1 Å². The van der Waals surface area contributed by atoms with Crippen LogP contribution in [0.2, 0.25) is 0 Å². The lowest BCUT2D eigenvalue weighted by atomic mass is 10.1. The third-order valence-electron chi connectivity index (χ3n) is 4.31. The van der Waals surface area contributed by atoms with Gasteiger partial charge in [0.15, 0.2) is 0 Å². The Morgan fingerprint density at radius 1 is 1.19 bits per heavy atom. The van der Waals surface area contributed by atoms with E-state index in [1.54, 1.807) is 0 Å². The number of nitrogens with zero attached hydrogens (tertiary/aromatic N) is 3. The quantitative estimate of drug-likeness (QED) is 0.761. The van der Waals surface area contributed by atoms with Crippen molar-refractivity contribution in [1.29, 1.82) is 0 Å². The standard InChI is InChI=1S/C17H24ClN3/c1-14(12-20-10-4-5-11-20)13-21-16-7-3-2-6-15(16)19-17(21)8-9-18/h2-3,6-7,14H,4-5,8-13H2,1H3. The first-order valence-corrected chi connectivity index (χ1v) is 8.54. The van der Waals surface area contributed by atoms with E-state index in [9.17, 15) is 0 Å². The largest absolute Gasteiger partial charge is 0.328 e. The van der Waals surface area contributed by atoms with Crippen molar-refractivity contribution in [2.24, 2.45) is 5.92 Å². The van der Waals surface area contributed by atoms with Gasteiger partial charge in [-0.05, 0) is 44.0 Å². The first kappa shape index (κ1) is 14.9. The van der Waals surface area contributed by atoms with Gasteiger partial charge >= 0.3 is 0 Å². The van der Waals surface area contributed by atoms with Crippen molar-refractivity contribution in [2.75, 3.05) is 25.5 Å². The third-order valence-corrected chi connectivity index (χ3v) is 4.50. The molecule has 1 atom stereocenters. The summed E-state index contributed by atoms with van der Waals surface area (Å²) in [6, 6.07) is 8.41. The van der Waals surface area contributed by atoms with Crippen molar-refractivity contribution in [3.8, 4) is 0 Å². The Morgan fingerprint density at radius 3 is 2.71 bits per heavy atom. The summed E-state index contributed by atoms with van der Waals surface area (Å²) in [6.45, 7) is 7.10. The molecule has 1 aromatic carbocycles. The second-order valence-corrected chi connectivity index (χ2v) is 6.56. The first-order valence-electron chi connectivity index (χ1n) is 8.00. The average Bonchev–Trinajstić information content (AvgIpc) is 3.08. The average molecular weight is 306 g/mol. The normalized spacial score (nSPS) is 17.6. The van der Waals surface area contributed by atoms with E-state index in [0.717, 1.165) is 24.3 Å². The molecular weight excluding hydrogens is 282 g/mol. The smallest absolute Gasteiger partial charge is 0.111 e. The number of para-hydroxylation sites is 2. The van der Waals surface area contributed by atoms with E-state index in [1.807, 2.05) is 0 Å². The molecule has 114 valence electrons. The van der Waals surface area contributed by atoms with Crippen LogP contribution in [0.3, 0.4) is 0 Å². The number of fused-ring (bicyclic) bond motifs is 1. The van der Waals surface area contributed by atoms with E-state index in [2.05, 4.69) is 40.7 Å². The van der Waals surface area contributed by atoms with Crippen LogP contribution < -0.4 is 0 Å². The lowest BCUT2D eigenvalue weighted by Gasteiger charge is -2.21. The van der Waals surface area contributed by atoms with Gasteiger partial charge in [-0.15, -0.1) is 11.6 Å². The Kier molecular flexibility index (Phi) is 4.81. The van der Waals surface area contributed by atoms with Crippen LogP contribution in [0.15, 0.2) is 24.3 Å². The molecule has 1 saturated heterocycles. The summed E-state index contributed by atoms with van der Waals surface area (Å²) < 4.78 is 2.37. The zero-order valence-corrected chi connectivity index (χ0v) is 13.5. The molecule has 0 N–H and O–H groups in total. The molecule has 0 aliphatic carbocycles. The molecule has 2 aromatic rings. The molecule has 0 spiro atoms. The number of hydrogen-bond donors (Lipinski definition) is 0. The molecule has 0 radical (unpaired) electrons. The number of halogens is 1. The Hall–Kier alpha value is -1.06. The Morgan fingerprint density at radius 2 is 1.95 bits per heavy atom. The molecule has 21 heavy (non-hydrogen) atoms. The third kappa shape index (κ3) is 3.41. The Labute approximate surface area is 131 Å². The van der Waals surface area contributed by atoms with E-state index in [4.69, 9.17) is 16.6 Å². The summed E-state index contributed by atoms with van der Waals surface area (Å²) in [5.41, 5.74) is 2.33. The van der Waals surface area contributed by atoms with Gasteiger partial charge in [-0.25, -0.2) is 4.98 Å². The highest BCUT2D eigenvalue weighted by atomic mass is 35.5. The molecule has 1 aromatic heterocycles. The molecule has 2 heterocycles. The first-order chi connectivity index (χ1) is 10.3. The van der Waals surface area contributed by atoms with Crippen LogP contribution in [-0.4, -0.2) is 40.0 Å². The number of rotatable bonds is 6. The number of benzene rings is 1. The van der Waals surface area contributed by atoms with Crippen LogP contribution >= 0.6 is 11.6 Å². The van der Waals surface area contributed by atoms with E-state index in [0.29, 0.717) is 11.8 Å². The second-order valence-electron chi connectivity index (χ2n) is 6.18. The highest BCUT2D eigenvalue weighted by molar-refractivity contribution is 6.17. The summed E-state index contributed by atoms with van der Waals surface area (Å²) in [6.07, 6.45) is 3.56. The predicted molar refractivity (Wildman–Crippen MR) is 89.0 cm³/mol. The van der Waals surface area contributed by atoms with Gasteiger partial charge in [-0.1, -0.05) is 19.1 Å². The van der Waals surface area contributed by atoms with Gasteiger partial charge in [0.1, 0.15) is 5.82 Å². The molecule has 1 fully saturated rings. The predicted octanol–water partition coefficient (Wildman–Crippen LogP) is 3.55. The molecule has 0 saturated carbocycles. The molecule has 0 amide bonds. The minimum atomic E-state index is 0.629. The van der Waals surface area contributed by atoms with Crippen molar-refractivity contribution in [1.82, 2.24) is 14.5 Å². The maximum Gasteiger partial charge on any atom is 0.111 e. The summed E-state index contributed by atoms with van der Waals surface area (Å²) >= 11 is 5.95. The minimum absolute atomic E-state index is 0.629. The van der Waals surface area contributed by atoms with Crippen LogP contribution in [0.5, 0.6) is 0 Å². The van der Waals surface area contributed by atoms with Gasteiger partial charge in [0.05, 0.1) is 11.0 Å². The Balaban J connectivity index is 1.78. The number of alkyl halides is 1. The Bertz CT molecular complexity index is 587. The number of aromatic nitrogens is 2. The van der Waals surface area contributed by atoms with Crippen LogP contribution in [-0.2, 0) is 13.0 Å². The van der Waals surface area contributed by atoms with E-state index >= 15 is 0 Å². The fourth-order valence-corrected chi connectivity index (χ4v) is 3.55. The number of likely N-dealkylation sites (tertiary alicyclic amines) is 1. The SMILES string of the molecule is CC(CN1CCCC1)Cn1c(CCCl)nc2ccccc21. The molecular formula is C17H24ClN3. The maximum absolute atomic E-state index is 5.95. The second kappa shape index (κ2) is 6.80. The molecule has 1 unspecified atom stereocenters. The van der Waals surface area contributed by atoms with E-state index in [-0.39, 0.29) is 0 Å². The van der Waals surface area contributed by atoms with Crippen molar-refractivity contribution in [3.63, 3.8) is 0 Å². The summed E-state index contributed by atoms with van der Waals surface area (Å²) in [7, 11) is 0. The highest BCUT2D eigenvalue weighted by Gasteiger charge is 2.17. The molecule has 1 aliphatic heterocycles. The maximum atomic E-state index is 5.95. The van der Waals surface area contributed by atoms with Crippen LogP contribution in [0, 0.1) is 5.92 Å². The highest BCUT2D eigenvalue weighted by Crippen LogP contribution is 2.19. The zero-order chi connectivity index (χ0) is 14.7. The molecule has 3 nitrogen and oxygen atoms in total. The molecule has 4 heteroatoms. The zero-order valence-electron chi connectivity index (χ0n) is 12.8. The van der Waals surface area contributed by atoms with E-state index < -0.39 is 0 Å². The van der Waals surface area contributed by atoms with Crippen LogP contribution in [0.25, 0.3) is 11.0 Å². The molecule has 1 aliphatic rings. The monoisotopic (exact) mass is 305 g/mol. The summed E-state index contributed by atoms with van der Waals surface area (Å²) in [5.74, 6) is 2.39. The van der Waals surface area contributed by atoms with Gasteiger partial charge in [-0.3, -0.25) is 0 Å². The minimum Gasteiger partial charge on any atom is -0.328 e. The van der Waals surface area contributed by atoms with Crippen LogP contribution in [0.4, 0.5) is 0 Å². The summed E-state index contributed by atoms with van der Waals surface area (Å²) in [5, 5.41) is 0. The molecule has 3 rings (SSSR count). The van der Waals surface area contributed by atoms with E-state index in [1.165, 1.54) is 38.0 Å².